The van der Waals surface area contributed by atoms with Crippen molar-refractivity contribution in [2.24, 2.45) is 0 Å². The summed E-state index contributed by atoms with van der Waals surface area (Å²) in [5.41, 5.74) is 1.47. The number of hydrogen-bond acceptors (Lipinski definition) is 4. The van der Waals surface area contributed by atoms with Gasteiger partial charge in [-0.05, 0) is 45.0 Å². The summed E-state index contributed by atoms with van der Waals surface area (Å²) in [7, 11) is 0. The lowest BCUT2D eigenvalue weighted by atomic mass is 10.0. The summed E-state index contributed by atoms with van der Waals surface area (Å²) in [6.07, 6.45) is 0. The zero-order chi connectivity index (χ0) is 18.5. The predicted octanol–water partition coefficient (Wildman–Crippen LogP) is 5.16. The molecule has 0 heterocycles. The molecule has 0 aliphatic rings. The lowest BCUT2D eigenvalue weighted by molar-refractivity contribution is 0.0730. The van der Waals surface area contributed by atoms with E-state index in [2.05, 4.69) is 0 Å². The zero-order valence-electron chi connectivity index (χ0n) is 15.2. The summed E-state index contributed by atoms with van der Waals surface area (Å²) in [5, 5.41) is 1.76. The molecule has 0 saturated carbocycles. The highest BCUT2D eigenvalue weighted by molar-refractivity contribution is 6.04. The third kappa shape index (κ3) is 3.64. The van der Waals surface area contributed by atoms with Gasteiger partial charge in [0.25, 0.3) is 0 Å². The van der Waals surface area contributed by atoms with Crippen molar-refractivity contribution in [3.05, 3.63) is 65.7 Å². The van der Waals surface area contributed by atoms with Gasteiger partial charge < -0.3 is 14.2 Å². The molecule has 0 radical (unpaired) electrons. The molecular weight excluding hydrogens is 328 g/mol. The maximum absolute atomic E-state index is 12.8. The lowest BCUT2D eigenvalue weighted by Crippen LogP contribution is -2.12. The van der Waals surface area contributed by atoms with Gasteiger partial charge in [0.05, 0.1) is 13.2 Å². The number of rotatable bonds is 6. The highest BCUT2D eigenvalue weighted by Crippen LogP contribution is 2.38. The molecule has 0 spiro atoms. The standard InChI is InChI=1S/C22H22O4/c1-4-24-20-14-19(22(23)26-16-9-7-6-8-10-16)21(25-5-2)17-12-11-15(3)13-18(17)20/h6-14H,4-5H2,1-3H3. The molecule has 0 N–H and O–H groups in total. The van der Waals surface area contributed by atoms with Gasteiger partial charge in [-0.25, -0.2) is 4.79 Å². The van der Waals surface area contributed by atoms with E-state index in [1.807, 2.05) is 57.2 Å². The van der Waals surface area contributed by atoms with Gasteiger partial charge in [0.15, 0.2) is 0 Å². The van der Waals surface area contributed by atoms with Crippen LogP contribution >= 0.6 is 0 Å². The van der Waals surface area contributed by atoms with Crippen LogP contribution in [0, 0.1) is 6.92 Å². The smallest absolute Gasteiger partial charge is 0.347 e. The second-order valence-corrected chi connectivity index (χ2v) is 5.87. The summed E-state index contributed by atoms with van der Waals surface area (Å²) in [5.74, 6) is 1.19. The Morgan fingerprint density at radius 1 is 0.885 bits per heavy atom. The monoisotopic (exact) mass is 350 g/mol. The summed E-state index contributed by atoms with van der Waals surface area (Å²) in [6, 6.07) is 16.7. The van der Waals surface area contributed by atoms with Crippen LogP contribution in [-0.2, 0) is 0 Å². The minimum absolute atomic E-state index is 0.357. The number of esters is 1. The Balaban J connectivity index is 2.14. The van der Waals surface area contributed by atoms with Crippen molar-refractivity contribution in [3.8, 4) is 17.2 Å². The molecule has 0 atom stereocenters. The summed E-state index contributed by atoms with van der Waals surface area (Å²) in [4.78, 5) is 12.8. The first-order valence-corrected chi connectivity index (χ1v) is 8.74. The van der Waals surface area contributed by atoms with Crippen LogP contribution in [0.3, 0.4) is 0 Å². The lowest BCUT2D eigenvalue weighted by Gasteiger charge is -2.16. The molecular formula is C22H22O4. The summed E-state index contributed by atoms with van der Waals surface area (Å²) >= 11 is 0. The van der Waals surface area contributed by atoms with Gasteiger partial charge in [0.2, 0.25) is 0 Å². The Morgan fingerprint density at radius 3 is 2.31 bits per heavy atom. The molecule has 3 aromatic rings. The third-order valence-electron chi connectivity index (χ3n) is 3.97. The fraction of sp³-hybridized carbons (Fsp3) is 0.227. The van der Waals surface area contributed by atoms with Crippen LogP contribution in [-0.4, -0.2) is 19.2 Å². The maximum atomic E-state index is 12.8. The minimum Gasteiger partial charge on any atom is -0.493 e. The van der Waals surface area contributed by atoms with E-state index in [9.17, 15) is 4.79 Å². The number of benzene rings is 3. The summed E-state index contributed by atoms with van der Waals surface area (Å²) < 4.78 is 17.1. The molecule has 0 aromatic heterocycles. The van der Waals surface area contributed by atoms with Gasteiger partial charge in [0.1, 0.15) is 22.8 Å². The van der Waals surface area contributed by atoms with Gasteiger partial charge in [0, 0.05) is 10.8 Å². The third-order valence-corrected chi connectivity index (χ3v) is 3.97. The Hall–Kier alpha value is -3.01. The first kappa shape index (κ1) is 17.8. The highest BCUT2D eigenvalue weighted by Gasteiger charge is 2.21. The number of carbonyl (C=O) groups excluding carboxylic acids is 1. The van der Waals surface area contributed by atoms with Crippen molar-refractivity contribution >= 4 is 16.7 Å². The van der Waals surface area contributed by atoms with E-state index in [4.69, 9.17) is 14.2 Å². The molecule has 0 amide bonds. The Bertz CT molecular complexity index is 916. The number of aryl methyl sites for hydroxylation is 1. The van der Waals surface area contributed by atoms with E-state index in [1.165, 1.54) is 0 Å². The van der Waals surface area contributed by atoms with E-state index in [1.54, 1.807) is 18.2 Å². The SMILES string of the molecule is CCOc1cc(C(=O)Oc2ccccc2)c(OCC)c2ccc(C)cc12. The van der Waals surface area contributed by atoms with Crippen molar-refractivity contribution in [3.63, 3.8) is 0 Å². The molecule has 4 heteroatoms. The average molecular weight is 350 g/mol. The fourth-order valence-corrected chi connectivity index (χ4v) is 2.86. The van der Waals surface area contributed by atoms with E-state index in [0.717, 1.165) is 16.3 Å². The second-order valence-electron chi connectivity index (χ2n) is 5.87. The van der Waals surface area contributed by atoms with E-state index in [-0.39, 0.29) is 0 Å². The van der Waals surface area contributed by atoms with Gasteiger partial charge >= 0.3 is 5.97 Å². The molecule has 26 heavy (non-hydrogen) atoms. The van der Waals surface area contributed by atoms with Crippen LogP contribution < -0.4 is 14.2 Å². The van der Waals surface area contributed by atoms with Gasteiger partial charge in [-0.2, -0.15) is 0 Å². The first-order chi connectivity index (χ1) is 12.6. The van der Waals surface area contributed by atoms with Crippen LogP contribution in [0.1, 0.15) is 29.8 Å². The molecule has 3 aromatic carbocycles. The molecule has 3 rings (SSSR count). The minimum atomic E-state index is -0.469. The number of carbonyl (C=O) groups is 1. The molecule has 134 valence electrons. The second kappa shape index (κ2) is 7.91. The normalized spacial score (nSPS) is 10.6. The Kier molecular flexibility index (Phi) is 5.42. The topological polar surface area (TPSA) is 44.8 Å². The van der Waals surface area contributed by atoms with E-state index >= 15 is 0 Å². The largest absolute Gasteiger partial charge is 0.493 e. The van der Waals surface area contributed by atoms with Gasteiger partial charge in [-0.15, -0.1) is 0 Å². The van der Waals surface area contributed by atoms with Crippen molar-refractivity contribution in [1.82, 2.24) is 0 Å². The maximum Gasteiger partial charge on any atom is 0.347 e. The summed E-state index contributed by atoms with van der Waals surface area (Å²) in [6.45, 7) is 6.78. The highest BCUT2D eigenvalue weighted by atomic mass is 16.5. The number of ether oxygens (including phenoxy) is 3. The van der Waals surface area contributed by atoms with E-state index in [0.29, 0.717) is 36.0 Å². The molecule has 0 saturated heterocycles. The molecule has 0 fully saturated rings. The molecule has 0 aliphatic heterocycles. The van der Waals surface area contributed by atoms with Crippen molar-refractivity contribution in [1.29, 1.82) is 0 Å². The molecule has 0 aliphatic carbocycles. The number of para-hydroxylation sites is 1. The molecule has 0 unspecified atom stereocenters. The fourth-order valence-electron chi connectivity index (χ4n) is 2.86. The zero-order valence-corrected chi connectivity index (χ0v) is 15.2. The van der Waals surface area contributed by atoms with Crippen LogP contribution in [0.5, 0.6) is 17.2 Å². The van der Waals surface area contributed by atoms with Crippen LogP contribution in [0.25, 0.3) is 10.8 Å². The van der Waals surface area contributed by atoms with Crippen molar-refractivity contribution in [2.45, 2.75) is 20.8 Å². The predicted molar refractivity (Wildman–Crippen MR) is 102 cm³/mol. The number of hydrogen-bond donors (Lipinski definition) is 0. The van der Waals surface area contributed by atoms with Gasteiger partial charge in [-0.1, -0.05) is 35.9 Å². The van der Waals surface area contributed by atoms with Crippen LogP contribution in [0.2, 0.25) is 0 Å². The van der Waals surface area contributed by atoms with E-state index < -0.39 is 5.97 Å². The Labute approximate surface area is 153 Å². The van der Waals surface area contributed by atoms with Crippen LogP contribution in [0.4, 0.5) is 0 Å². The molecule has 4 nitrogen and oxygen atoms in total. The van der Waals surface area contributed by atoms with Crippen LogP contribution in [0.15, 0.2) is 54.6 Å². The average Bonchev–Trinajstić information content (AvgIpc) is 2.64. The first-order valence-electron chi connectivity index (χ1n) is 8.74. The van der Waals surface area contributed by atoms with Crippen molar-refractivity contribution in [2.75, 3.05) is 13.2 Å². The molecule has 0 bridgehead atoms. The quantitative estimate of drug-likeness (QED) is 0.455. The van der Waals surface area contributed by atoms with Crippen molar-refractivity contribution < 1.29 is 19.0 Å². The number of fused-ring (bicyclic) bond motifs is 1. The Morgan fingerprint density at radius 2 is 1.62 bits per heavy atom. The van der Waals surface area contributed by atoms with Gasteiger partial charge in [-0.3, -0.25) is 0 Å².